The molecule has 0 saturated heterocycles. The maximum atomic E-state index is 13.5. The molecule has 1 aromatic heterocycles. The van der Waals surface area contributed by atoms with Gasteiger partial charge in [-0.2, -0.15) is 0 Å². The number of benzene rings is 1. The molecule has 21 heavy (non-hydrogen) atoms. The minimum absolute atomic E-state index is 0.0869. The number of rotatable bonds is 5. The summed E-state index contributed by atoms with van der Waals surface area (Å²) >= 11 is 5.68. The second kappa shape index (κ2) is 6.00. The van der Waals surface area contributed by atoms with Crippen molar-refractivity contribution in [3.05, 3.63) is 52.6 Å². The van der Waals surface area contributed by atoms with E-state index in [2.05, 4.69) is 10.3 Å². The Labute approximate surface area is 128 Å². The molecule has 0 amide bonds. The van der Waals surface area contributed by atoms with Crippen LogP contribution in [-0.4, -0.2) is 11.0 Å². The van der Waals surface area contributed by atoms with Gasteiger partial charge in [0.25, 0.3) is 0 Å². The number of aryl methyl sites for hydroxylation is 1. The normalized spacial score (nSPS) is 14.2. The van der Waals surface area contributed by atoms with E-state index >= 15 is 0 Å². The van der Waals surface area contributed by atoms with Crippen LogP contribution in [0.25, 0.3) is 0 Å². The van der Waals surface area contributed by atoms with E-state index in [1.807, 2.05) is 13.0 Å². The minimum Gasteiger partial charge on any atom is -0.457 e. The monoisotopic (exact) mass is 306 g/mol. The van der Waals surface area contributed by atoms with E-state index in [0.717, 1.165) is 11.3 Å². The molecular weight excluding hydrogens is 291 g/mol. The summed E-state index contributed by atoms with van der Waals surface area (Å²) in [6.45, 7) is 2.59. The number of hydrogen-bond donors (Lipinski definition) is 1. The molecule has 1 saturated carbocycles. The molecule has 3 rings (SSSR count). The van der Waals surface area contributed by atoms with E-state index in [0.29, 0.717) is 24.1 Å². The molecule has 1 aromatic carbocycles. The van der Waals surface area contributed by atoms with Crippen molar-refractivity contribution in [1.82, 2.24) is 10.3 Å². The molecule has 5 heteroatoms. The van der Waals surface area contributed by atoms with Crippen molar-refractivity contribution in [2.45, 2.75) is 32.4 Å². The summed E-state index contributed by atoms with van der Waals surface area (Å²) in [6.07, 6.45) is 4.24. The lowest BCUT2D eigenvalue weighted by Gasteiger charge is -2.12. The van der Waals surface area contributed by atoms with E-state index in [4.69, 9.17) is 16.3 Å². The van der Waals surface area contributed by atoms with Gasteiger partial charge in [0.1, 0.15) is 17.3 Å². The number of hydrogen-bond acceptors (Lipinski definition) is 3. The average molecular weight is 307 g/mol. The Morgan fingerprint density at radius 3 is 2.90 bits per heavy atom. The van der Waals surface area contributed by atoms with Crippen LogP contribution in [0.5, 0.6) is 11.5 Å². The Kier molecular flexibility index (Phi) is 4.08. The van der Waals surface area contributed by atoms with Crippen LogP contribution in [0.1, 0.15) is 24.1 Å². The quantitative estimate of drug-likeness (QED) is 0.897. The summed E-state index contributed by atoms with van der Waals surface area (Å²) in [5.41, 5.74) is 1.82. The number of aromatic nitrogens is 1. The predicted molar refractivity (Wildman–Crippen MR) is 80.3 cm³/mol. The summed E-state index contributed by atoms with van der Waals surface area (Å²) in [5, 5.41) is 3.51. The fourth-order valence-corrected chi connectivity index (χ4v) is 2.12. The second-order valence-corrected chi connectivity index (χ2v) is 5.67. The van der Waals surface area contributed by atoms with Gasteiger partial charge in [-0.15, -0.1) is 0 Å². The zero-order valence-corrected chi connectivity index (χ0v) is 12.5. The van der Waals surface area contributed by atoms with E-state index in [1.54, 1.807) is 12.3 Å². The lowest BCUT2D eigenvalue weighted by molar-refractivity contribution is 0.466. The first-order valence-electron chi connectivity index (χ1n) is 6.93. The fraction of sp³-hybridized carbons (Fsp3) is 0.312. The van der Waals surface area contributed by atoms with Gasteiger partial charge in [0, 0.05) is 42.2 Å². The Morgan fingerprint density at radius 2 is 2.19 bits per heavy atom. The molecule has 0 unspecified atom stereocenters. The summed E-state index contributed by atoms with van der Waals surface area (Å²) < 4.78 is 19.3. The molecule has 110 valence electrons. The highest BCUT2D eigenvalue weighted by Crippen LogP contribution is 2.29. The number of halogens is 2. The van der Waals surface area contributed by atoms with Crippen molar-refractivity contribution in [1.29, 1.82) is 0 Å². The van der Waals surface area contributed by atoms with Crippen LogP contribution in [0.4, 0.5) is 4.39 Å². The molecule has 1 fully saturated rings. The van der Waals surface area contributed by atoms with Gasteiger partial charge in [-0.1, -0.05) is 11.6 Å². The van der Waals surface area contributed by atoms with Crippen LogP contribution in [0.3, 0.4) is 0 Å². The van der Waals surface area contributed by atoms with Crippen molar-refractivity contribution in [2.24, 2.45) is 0 Å². The van der Waals surface area contributed by atoms with Gasteiger partial charge < -0.3 is 10.1 Å². The molecule has 3 nitrogen and oxygen atoms in total. The minimum atomic E-state index is -0.488. The van der Waals surface area contributed by atoms with Crippen LogP contribution < -0.4 is 10.1 Å². The van der Waals surface area contributed by atoms with Crippen LogP contribution >= 0.6 is 11.6 Å². The van der Waals surface area contributed by atoms with Gasteiger partial charge in [0.15, 0.2) is 0 Å². The average Bonchev–Trinajstić information content (AvgIpc) is 3.26. The van der Waals surface area contributed by atoms with E-state index in [1.165, 1.54) is 25.0 Å². The van der Waals surface area contributed by atoms with Crippen molar-refractivity contribution in [3.63, 3.8) is 0 Å². The third-order valence-electron chi connectivity index (χ3n) is 3.36. The third kappa shape index (κ3) is 3.71. The highest BCUT2D eigenvalue weighted by atomic mass is 35.5. The first-order chi connectivity index (χ1) is 10.1. The summed E-state index contributed by atoms with van der Waals surface area (Å²) in [4.78, 5) is 4.30. The van der Waals surface area contributed by atoms with Crippen LogP contribution in [0.2, 0.25) is 5.02 Å². The summed E-state index contributed by atoms with van der Waals surface area (Å²) in [7, 11) is 0. The number of ether oxygens (including phenoxy) is 1. The molecule has 1 aliphatic carbocycles. The maximum absolute atomic E-state index is 13.5. The highest BCUT2D eigenvalue weighted by molar-refractivity contribution is 6.30. The topological polar surface area (TPSA) is 34.1 Å². The second-order valence-electron chi connectivity index (χ2n) is 5.27. The molecule has 0 radical (unpaired) electrons. The fourth-order valence-electron chi connectivity index (χ4n) is 2.00. The summed E-state index contributed by atoms with van der Waals surface area (Å²) in [6, 6.07) is 6.89. The molecule has 1 aliphatic rings. The van der Waals surface area contributed by atoms with Gasteiger partial charge in [0.2, 0.25) is 0 Å². The van der Waals surface area contributed by atoms with Crippen molar-refractivity contribution in [3.8, 4) is 11.5 Å². The van der Waals surface area contributed by atoms with E-state index < -0.39 is 5.82 Å². The number of pyridine rings is 1. The zero-order valence-electron chi connectivity index (χ0n) is 11.7. The zero-order chi connectivity index (χ0) is 14.8. The van der Waals surface area contributed by atoms with Crippen LogP contribution in [0, 0.1) is 12.7 Å². The number of nitrogens with zero attached hydrogens (tertiary/aromatic N) is 1. The molecule has 1 heterocycles. The Balaban J connectivity index is 1.81. The molecule has 0 atom stereocenters. The SMILES string of the molecule is Cc1cc(Oc2ccc(Cl)c(F)c2)c(CNC2CC2)cn1. The molecule has 0 spiro atoms. The lowest BCUT2D eigenvalue weighted by Crippen LogP contribution is -2.16. The molecule has 1 N–H and O–H groups in total. The first kappa shape index (κ1) is 14.3. The van der Waals surface area contributed by atoms with Gasteiger partial charge in [-0.3, -0.25) is 4.98 Å². The maximum Gasteiger partial charge on any atom is 0.145 e. The first-order valence-corrected chi connectivity index (χ1v) is 7.31. The van der Waals surface area contributed by atoms with Gasteiger partial charge >= 0.3 is 0 Å². The van der Waals surface area contributed by atoms with Gasteiger partial charge in [-0.25, -0.2) is 4.39 Å². The Bertz CT molecular complexity index is 659. The van der Waals surface area contributed by atoms with Crippen LogP contribution in [-0.2, 0) is 6.54 Å². The Morgan fingerprint density at radius 1 is 1.38 bits per heavy atom. The predicted octanol–water partition coefficient (Wildman–Crippen LogP) is 4.23. The largest absolute Gasteiger partial charge is 0.457 e. The third-order valence-corrected chi connectivity index (χ3v) is 3.66. The van der Waals surface area contributed by atoms with Gasteiger partial charge in [-0.05, 0) is 31.9 Å². The smallest absolute Gasteiger partial charge is 0.145 e. The molecular formula is C16H16ClFN2O. The highest BCUT2D eigenvalue weighted by Gasteiger charge is 2.21. The van der Waals surface area contributed by atoms with Crippen molar-refractivity contribution >= 4 is 11.6 Å². The van der Waals surface area contributed by atoms with E-state index in [9.17, 15) is 4.39 Å². The van der Waals surface area contributed by atoms with Crippen molar-refractivity contribution in [2.75, 3.05) is 0 Å². The standard InChI is InChI=1S/C16H16ClFN2O/c1-10-6-16(11(8-19-10)9-20-12-2-3-12)21-13-4-5-14(17)15(18)7-13/h4-8,12,20H,2-3,9H2,1H3. The van der Waals surface area contributed by atoms with Crippen molar-refractivity contribution < 1.29 is 9.13 Å². The van der Waals surface area contributed by atoms with Crippen LogP contribution in [0.15, 0.2) is 30.5 Å². The lowest BCUT2D eigenvalue weighted by atomic mass is 10.2. The Hall–Kier alpha value is -1.65. The summed E-state index contributed by atoms with van der Waals surface area (Å²) in [5.74, 6) is 0.630. The number of nitrogens with one attached hydrogen (secondary N) is 1. The molecule has 0 bridgehead atoms. The van der Waals surface area contributed by atoms with E-state index in [-0.39, 0.29) is 5.02 Å². The molecule has 2 aromatic rings. The molecule has 0 aliphatic heterocycles. The van der Waals surface area contributed by atoms with Gasteiger partial charge in [0.05, 0.1) is 5.02 Å².